The molecule has 0 spiro atoms. The highest BCUT2D eigenvalue weighted by atomic mass is 35.5. The highest BCUT2D eigenvalue weighted by Gasteiger charge is 2.58. The van der Waals surface area contributed by atoms with Crippen LogP contribution in [0.15, 0.2) is 95.0 Å². The van der Waals surface area contributed by atoms with Crippen LogP contribution in [0.2, 0.25) is 20.1 Å². The minimum atomic E-state index is -3.84. The molecule has 6 aliphatic rings. The van der Waals surface area contributed by atoms with Crippen LogP contribution in [-0.2, 0) is 87.6 Å². The molecule has 2 amide bonds. The molecule has 6 aromatic rings. The van der Waals surface area contributed by atoms with E-state index in [1.165, 1.54) is 24.3 Å². The second kappa shape index (κ2) is 30.5. The highest BCUT2D eigenvalue weighted by Crippen LogP contribution is 2.46. The first-order valence-electron chi connectivity index (χ1n) is 33.3. The van der Waals surface area contributed by atoms with Crippen molar-refractivity contribution in [2.24, 2.45) is 11.5 Å². The molecule has 0 saturated carbocycles. The van der Waals surface area contributed by atoms with E-state index in [9.17, 15) is 26.4 Å². The number of carbonyl (C=O) groups is 2. The van der Waals surface area contributed by atoms with Gasteiger partial charge in [-0.1, -0.05) is 56.8 Å². The van der Waals surface area contributed by atoms with Crippen LogP contribution in [-0.4, -0.2) is 168 Å². The van der Waals surface area contributed by atoms with Gasteiger partial charge >= 0.3 is 0 Å². The fourth-order valence-electron chi connectivity index (χ4n) is 14.0. The summed E-state index contributed by atoms with van der Waals surface area (Å²) in [7, 11) is -7.69. The van der Waals surface area contributed by atoms with Gasteiger partial charge in [0.1, 0.15) is 47.3 Å². The van der Waals surface area contributed by atoms with Crippen molar-refractivity contribution in [2.75, 3.05) is 39.3 Å². The second-order valence-corrected chi connectivity index (χ2v) is 32.1. The summed E-state index contributed by atoms with van der Waals surface area (Å²) in [6, 6.07) is 20.1. The number of rotatable bonds is 26. The number of piperidine rings is 2. The summed E-state index contributed by atoms with van der Waals surface area (Å²) in [5.41, 5.74) is 17.5. The summed E-state index contributed by atoms with van der Waals surface area (Å²) in [6.07, 6.45) is 5.41. The Bertz CT molecular complexity index is 3800. The van der Waals surface area contributed by atoms with Crippen LogP contribution >= 0.6 is 46.4 Å². The van der Waals surface area contributed by atoms with E-state index in [-0.39, 0.29) is 72.3 Å². The van der Waals surface area contributed by atoms with Crippen LogP contribution in [0.1, 0.15) is 125 Å². The van der Waals surface area contributed by atoms with Crippen molar-refractivity contribution in [3.63, 3.8) is 0 Å². The molecule has 530 valence electrons. The zero-order valence-electron chi connectivity index (χ0n) is 55.0. The minimum Gasteiger partial charge on any atom is -0.484 e. The van der Waals surface area contributed by atoms with E-state index in [4.69, 9.17) is 86.3 Å². The quantitative estimate of drug-likeness (QED) is 0.0300. The molecule has 4 fully saturated rings. The number of likely N-dealkylation sites (tertiary alicyclic amines) is 2. The van der Waals surface area contributed by atoms with Crippen LogP contribution < -0.4 is 41.0 Å². The third-order valence-electron chi connectivity index (χ3n) is 18.6. The van der Waals surface area contributed by atoms with E-state index in [2.05, 4.69) is 50.5 Å². The van der Waals surface area contributed by atoms with Crippen molar-refractivity contribution in [3.05, 3.63) is 139 Å². The van der Waals surface area contributed by atoms with Crippen LogP contribution in [0.5, 0.6) is 11.5 Å². The summed E-state index contributed by atoms with van der Waals surface area (Å²) in [4.78, 5) is 33.0. The van der Waals surface area contributed by atoms with E-state index >= 15 is 0 Å². The number of nitrogens with zero attached hydrogens (tertiary/aromatic N) is 8. The number of fused-ring (bicyclic) bond motifs is 3. The van der Waals surface area contributed by atoms with Gasteiger partial charge < -0.3 is 50.5 Å². The number of ether oxygens (including phenoxy) is 6. The predicted molar refractivity (Wildman–Crippen MR) is 365 cm³/mol. The summed E-state index contributed by atoms with van der Waals surface area (Å²) < 4.78 is 100. The Labute approximate surface area is 590 Å². The van der Waals surface area contributed by atoms with Crippen LogP contribution in [0.3, 0.4) is 0 Å². The molecule has 0 bridgehead atoms. The number of unbranched alkanes of at least 4 members (excludes halogenated alkanes) is 2. The van der Waals surface area contributed by atoms with E-state index in [1.54, 1.807) is 85.9 Å². The van der Waals surface area contributed by atoms with Crippen molar-refractivity contribution < 1.29 is 54.8 Å². The van der Waals surface area contributed by atoms with Crippen LogP contribution in [0, 0.1) is 0 Å². The zero-order valence-corrected chi connectivity index (χ0v) is 59.6. The fraction of sp³-hybridized carbons (Fsp3) is 0.545. The summed E-state index contributed by atoms with van der Waals surface area (Å²) >= 11 is 26.3. The molecule has 0 radical (unpaired) electrons. The van der Waals surface area contributed by atoms with Crippen molar-refractivity contribution >= 4 is 78.3 Å². The Morgan fingerprint density at radius 3 is 1.37 bits per heavy atom. The molecular weight excluding hydrogens is 1390 g/mol. The van der Waals surface area contributed by atoms with Crippen LogP contribution in [0.25, 0.3) is 0 Å². The number of nitrogens with one attached hydrogen (secondary N) is 4. The maximum atomic E-state index is 14.0. The van der Waals surface area contributed by atoms with Crippen molar-refractivity contribution in [1.82, 2.24) is 59.9 Å². The van der Waals surface area contributed by atoms with Crippen LogP contribution in [0.4, 0.5) is 0 Å². The SMILES string of the molecule is CC1(C)O[C@H]2[C@@H](OC(C)(C)O[C@H]2C(=O)NCc2cn(CCCCNS(=O)(=O)c3ccc(O[C@H]4c5cc(Cl)cc(Cl)c5C[C@@H]4N4CCC[C@@H](N)C4)cc3)nn2)[C@@H](C(=O)NCc2cn(CCCCNS(=O)(=O)c3ccc(O[C@H]4c5cc(Cl)cc(Cl)c5C[C@@H]4N4CCC[C@@H](N)C4)cc3)nn2)O1. The van der Waals surface area contributed by atoms with Crippen molar-refractivity contribution in [3.8, 4) is 11.5 Å². The normalized spacial score (nSPS) is 25.5. The molecule has 4 aromatic carbocycles. The number of halogens is 4. The average Bonchev–Trinajstić information content (AvgIpc) is 1.05. The summed E-state index contributed by atoms with van der Waals surface area (Å²) in [6.45, 7) is 11.0. The molecule has 2 aliphatic carbocycles. The zero-order chi connectivity index (χ0) is 69.3. The summed E-state index contributed by atoms with van der Waals surface area (Å²) in [5, 5.41) is 24.8. The first-order valence-corrected chi connectivity index (χ1v) is 37.7. The lowest BCUT2D eigenvalue weighted by Gasteiger charge is -2.52. The van der Waals surface area contributed by atoms with E-state index in [1.807, 2.05) is 12.1 Å². The maximum Gasteiger partial charge on any atom is 0.252 e. The molecule has 4 aliphatic heterocycles. The van der Waals surface area contributed by atoms with Crippen molar-refractivity contribution in [1.29, 1.82) is 0 Å². The average molecular weight is 1470 g/mol. The molecule has 4 saturated heterocycles. The van der Waals surface area contributed by atoms with Gasteiger partial charge in [-0.25, -0.2) is 26.3 Å². The first kappa shape index (κ1) is 72.2. The van der Waals surface area contributed by atoms with E-state index in [0.717, 1.165) is 74.1 Å². The largest absolute Gasteiger partial charge is 0.484 e. The molecule has 0 unspecified atom stereocenters. The topological polar surface area (TPSA) is 326 Å². The van der Waals surface area contributed by atoms with Gasteiger partial charge in [0.05, 0.1) is 47.4 Å². The Morgan fingerprint density at radius 1 is 0.582 bits per heavy atom. The third-order valence-corrected chi connectivity index (χ3v) is 22.7. The fourth-order valence-corrected chi connectivity index (χ4v) is 17.3. The Morgan fingerprint density at radius 2 is 0.980 bits per heavy atom. The van der Waals surface area contributed by atoms with E-state index < -0.39 is 67.9 Å². The Hall–Kier alpha value is -5.64. The third kappa shape index (κ3) is 17.3. The maximum absolute atomic E-state index is 14.0. The lowest BCUT2D eigenvalue weighted by Crippen LogP contribution is -2.70. The molecule has 8 N–H and O–H groups in total. The van der Waals surface area contributed by atoms with E-state index in [0.29, 0.717) is 94.6 Å². The number of aromatic nitrogens is 6. The number of benzene rings is 4. The number of amides is 2. The Kier molecular flexibility index (Phi) is 22.5. The van der Waals surface area contributed by atoms with Gasteiger partial charge in [-0.3, -0.25) is 28.8 Å². The number of nitrogens with two attached hydrogens (primary N) is 2. The molecule has 26 nitrogen and oxygen atoms in total. The number of sulfonamides is 2. The molecule has 10 atom stereocenters. The second-order valence-electron chi connectivity index (χ2n) is 26.9. The molecule has 32 heteroatoms. The minimum absolute atomic E-state index is 0.0111. The van der Waals surface area contributed by atoms with Gasteiger partial charge in [0.25, 0.3) is 11.8 Å². The number of hydrogen-bond acceptors (Lipinski definition) is 20. The predicted octanol–water partition coefficient (Wildman–Crippen LogP) is 6.91. The van der Waals surface area contributed by atoms with Gasteiger partial charge in [0.2, 0.25) is 20.0 Å². The van der Waals surface area contributed by atoms with Gasteiger partial charge in [0.15, 0.2) is 23.8 Å². The molecule has 12 rings (SSSR count). The van der Waals surface area contributed by atoms with Crippen molar-refractivity contribution in [2.45, 2.75) is 200 Å². The van der Waals surface area contributed by atoms with Gasteiger partial charge in [-0.15, -0.1) is 10.2 Å². The lowest BCUT2D eigenvalue weighted by molar-refractivity contribution is -0.411. The number of hydrogen-bond donors (Lipinski definition) is 6. The lowest BCUT2D eigenvalue weighted by atomic mass is 9.96. The smallest absolute Gasteiger partial charge is 0.252 e. The van der Waals surface area contributed by atoms with Gasteiger partial charge in [0, 0.05) is 82.6 Å². The molecular formula is C66H84Cl4N14O12S2. The monoisotopic (exact) mass is 1470 g/mol. The van der Waals surface area contributed by atoms with Gasteiger partial charge in [-0.2, -0.15) is 0 Å². The molecule has 6 heterocycles. The number of carbonyl (C=O) groups excluding carboxylic acids is 2. The highest BCUT2D eigenvalue weighted by molar-refractivity contribution is 7.89. The standard InChI is InChI=1S/C66H84Cl4N14O12S2/c1-65(2)93-59-60(61(95-65)63(85)73-33-43-37-83(79-77-43)25-7-5-21-75-97(87,88)47-17-13-45(14-18-47)91-57-51-27-39(67)29-53(69)49(51)31-55(57)81-23-9-11-41(71)35-81)94-66(3,4)96-62(59)64(86)74-34-44-38-84(80-78-44)26-8-6-22-76-98(89,90)48-19-15-46(16-20-48)92-58-52-28-40(68)30-54(70)50(52)32-56(58)82-24-10-12-42(72)36-82/h13-20,27-30,37-38,41-42,55-62,75-76H,5-12,21-26,31-36,71-72H2,1-4H3,(H,73,85)(H,74,86)/t41-,42-,55+,56+,57+,58+,59-,60+,61-,62+/m1/s1. The molecule has 2 aromatic heterocycles. The first-order chi connectivity index (χ1) is 46.7. The Balaban J connectivity index is 0.563. The summed E-state index contributed by atoms with van der Waals surface area (Å²) in [5.74, 6) is -2.75. The number of aryl methyl sites for hydroxylation is 2. The molecule has 98 heavy (non-hydrogen) atoms. The van der Waals surface area contributed by atoms with Gasteiger partial charge in [-0.05, 0) is 189 Å².